The molecule has 0 aromatic heterocycles. The summed E-state index contributed by atoms with van der Waals surface area (Å²) >= 11 is 0. The van der Waals surface area contributed by atoms with Crippen LogP contribution in [0, 0.1) is 5.82 Å². The third-order valence-electron chi connectivity index (χ3n) is 4.45. The number of nitrogens with zero attached hydrogens (tertiary/aromatic N) is 2. The van der Waals surface area contributed by atoms with Crippen LogP contribution in [-0.2, 0) is 9.53 Å². The number of carbonyl (C=O) groups is 1. The molecule has 1 heterocycles. The van der Waals surface area contributed by atoms with Crippen molar-refractivity contribution >= 4 is 11.6 Å². The number of rotatable bonds is 8. The van der Waals surface area contributed by atoms with Crippen molar-refractivity contribution < 1.29 is 27.1 Å². The Morgan fingerprint density at radius 2 is 1.96 bits per heavy atom. The maximum Gasteiger partial charge on any atom is 0.411 e. The molecule has 1 unspecified atom stereocenters. The van der Waals surface area contributed by atoms with Crippen LogP contribution in [0.4, 0.5) is 23.2 Å². The molecule has 2 rings (SSSR count). The summed E-state index contributed by atoms with van der Waals surface area (Å²) in [6, 6.07) is 5.39. The predicted octanol–water partition coefficient (Wildman–Crippen LogP) is 2.74. The molecule has 1 aromatic carbocycles. The summed E-state index contributed by atoms with van der Waals surface area (Å²) in [5.41, 5.74) is 0.421. The molecule has 0 spiro atoms. The molecular formula is C18H25F4N3O2. The second kappa shape index (κ2) is 10.0. The van der Waals surface area contributed by atoms with Gasteiger partial charge in [-0.05, 0) is 31.5 Å². The smallest absolute Gasteiger partial charge is 0.372 e. The molecule has 1 fully saturated rings. The molecule has 1 atom stereocenters. The predicted molar refractivity (Wildman–Crippen MR) is 94.0 cm³/mol. The maximum atomic E-state index is 13.2. The highest BCUT2D eigenvalue weighted by Gasteiger charge is 2.28. The molecule has 1 amide bonds. The van der Waals surface area contributed by atoms with E-state index in [2.05, 4.69) is 15.0 Å². The molecule has 5 nitrogen and oxygen atoms in total. The summed E-state index contributed by atoms with van der Waals surface area (Å²) in [5.74, 6) is -0.608. The van der Waals surface area contributed by atoms with E-state index < -0.39 is 18.6 Å². The van der Waals surface area contributed by atoms with E-state index in [4.69, 9.17) is 0 Å². The lowest BCUT2D eigenvalue weighted by atomic mass is 10.2. The Morgan fingerprint density at radius 3 is 2.59 bits per heavy atom. The van der Waals surface area contributed by atoms with Gasteiger partial charge in [-0.25, -0.2) is 4.39 Å². The van der Waals surface area contributed by atoms with Gasteiger partial charge < -0.3 is 15.0 Å². The fourth-order valence-electron chi connectivity index (χ4n) is 2.93. The monoisotopic (exact) mass is 391 g/mol. The van der Waals surface area contributed by atoms with Crippen LogP contribution in [-0.4, -0.2) is 73.9 Å². The number of ether oxygens (including phenoxy) is 1. The van der Waals surface area contributed by atoms with Crippen molar-refractivity contribution in [2.45, 2.75) is 25.6 Å². The summed E-state index contributed by atoms with van der Waals surface area (Å²) in [4.78, 5) is 16.5. The van der Waals surface area contributed by atoms with Crippen LogP contribution in [0.15, 0.2) is 24.3 Å². The normalized spacial score (nSPS) is 17.7. The van der Waals surface area contributed by atoms with Gasteiger partial charge in [-0.3, -0.25) is 9.69 Å². The second-order valence-electron chi connectivity index (χ2n) is 6.57. The number of carbonyl (C=O) groups excluding carboxylic acids is 1. The van der Waals surface area contributed by atoms with Crippen molar-refractivity contribution in [3.8, 4) is 0 Å². The highest BCUT2D eigenvalue weighted by atomic mass is 19.4. The highest BCUT2D eigenvalue weighted by Crippen LogP contribution is 2.15. The zero-order valence-corrected chi connectivity index (χ0v) is 15.3. The number of benzene rings is 1. The lowest BCUT2D eigenvalue weighted by molar-refractivity contribution is -0.174. The van der Waals surface area contributed by atoms with Crippen LogP contribution in [0.25, 0.3) is 0 Å². The minimum absolute atomic E-state index is 0.0756. The lowest BCUT2D eigenvalue weighted by Gasteiger charge is -2.37. The quantitative estimate of drug-likeness (QED) is 0.547. The van der Waals surface area contributed by atoms with Gasteiger partial charge >= 0.3 is 6.18 Å². The molecule has 1 aliphatic heterocycles. The Balaban J connectivity index is 1.66. The third-order valence-corrected chi connectivity index (χ3v) is 4.45. The van der Waals surface area contributed by atoms with Gasteiger partial charge in [-0.1, -0.05) is 6.07 Å². The van der Waals surface area contributed by atoms with E-state index in [1.165, 1.54) is 18.2 Å². The van der Waals surface area contributed by atoms with Crippen molar-refractivity contribution in [3.63, 3.8) is 0 Å². The zero-order chi connectivity index (χ0) is 19.9. The minimum Gasteiger partial charge on any atom is -0.372 e. The Labute approximate surface area is 156 Å². The van der Waals surface area contributed by atoms with Crippen LogP contribution in [0.1, 0.15) is 13.3 Å². The Kier molecular flexibility index (Phi) is 8.00. The first-order valence-corrected chi connectivity index (χ1v) is 8.92. The number of alkyl halides is 3. The van der Waals surface area contributed by atoms with Crippen molar-refractivity contribution in [2.75, 3.05) is 51.3 Å². The SMILES string of the molecule is CC(C(=O)Nc1cccc(F)c1)N1CCN(CCCOCC(F)(F)F)CC1. The van der Waals surface area contributed by atoms with Crippen molar-refractivity contribution in [1.29, 1.82) is 0 Å². The standard InChI is InChI=1S/C18H25F4N3O2/c1-14(17(26)23-16-5-2-4-15(19)12-16)25-9-7-24(8-10-25)6-3-11-27-13-18(20,21)22/h2,4-5,12,14H,3,6-11,13H2,1H3,(H,23,26). The van der Waals surface area contributed by atoms with Gasteiger partial charge in [0.15, 0.2) is 0 Å². The third kappa shape index (κ3) is 7.82. The molecule has 1 aromatic rings. The summed E-state index contributed by atoms with van der Waals surface area (Å²) in [6.45, 7) is 4.16. The molecule has 1 aliphatic rings. The highest BCUT2D eigenvalue weighted by molar-refractivity contribution is 5.94. The van der Waals surface area contributed by atoms with Crippen LogP contribution in [0.2, 0.25) is 0 Å². The Hall–Kier alpha value is -1.71. The number of piperazine rings is 1. The van der Waals surface area contributed by atoms with Gasteiger partial charge in [0.2, 0.25) is 5.91 Å². The van der Waals surface area contributed by atoms with E-state index in [0.29, 0.717) is 31.7 Å². The second-order valence-corrected chi connectivity index (χ2v) is 6.57. The van der Waals surface area contributed by atoms with E-state index in [0.717, 1.165) is 13.1 Å². The van der Waals surface area contributed by atoms with E-state index in [9.17, 15) is 22.4 Å². The summed E-state index contributed by atoms with van der Waals surface area (Å²) < 4.78 is 53.8. The van der Waals surface area contributed by atoms with E-state index in [1.54, 1.807) is 13.0 Å². The van der Waals surface area contributed by atoms with Gasteiger partial charge in [0.25, 0.3) is 0 Å². The van der Waals surface area contributed by atoms with E-state index in [1.807, 2.05) is 4.90 Å². The lowest BCUT2D eigenvalue weighted by Crippen LogP contribution is -2.52. The largest absolute Gasteiger partial charge is 0.411 e. The molecule has 0 radical (unpaired) electrons. The van der Waals surface area contributed by atoms with Gasteiger partial charge in [-0.15, -0.1) is 0 Å². The molecule has 9 heteroatoms. The van der Waals surface area contributed by atoms with Crippen LogP contribution in [0.5, 0.6) is 0 Å². The van der Waals surface area contributed by atoms with Crippen LogP contribution < -0.4 is 5.32 Å². The first kappa shape index (κ1) is 21.6. The minimum atomic E-state index is -4.28. The first-order chi connectivity index (χ1) is 12.7. The van der Waals surface area contributed by atoms with E-state index >= 15 is 0 Å². The number of halogens is 4. The van der Waals surface area contributed by atoms with Gasteiger partial charge in [0, 0.05) is 45.0 Å². The summed E-state index contributed by atoms with van der Waals surface area (Å²) in [7, 11) is 0. The van der Waals surface area contributed by atoms with E-state index in [-0.39, 0.29) is 18.6 Å². The molecule has 152 valence electrons. The first-order valence-electron chi connectivity index (χ1n) is 8.92. The zero-order valence-electron chi connectivity index (χ0n) is 15.3. The Morgan fingerprint density at radius 1 is 1.26 bits per heavy atom. The molecule has 0 aliphatic carbocycles. The Bertz CT molecular complexity index is 605. The molecule has 1 saturated heterocycles. The number of hydrogen-bond donors (Lipinski definition) is 1. The average Bonchev–Trinajstić information content (AvgIpc) is 2.60. The van der Waals surface area contributed by atoms with Crippen molar-refractivity contribution in [3.05, 3.63) is 30.1 Å². The molecule has 1 N–H and O–H groups in total. The van der Waals surface area contributed by atoms with Crippen LogP contribution >= 0.6 is 0 Å². The van der Waals surface area contributed by atoms with Gasteiger partial charge in [0.1, 0.15) is 12.4 Å². The summed E-state index contributed by atoms with van der Waals surface area (Å²) in [5, 5.41) is 2.71. The molecule has 27 heavy (non-hydrogen) atoms. The summed E-state index contributed by atoms with van der Waals surface area (Å²) in [6.07, 6.45) is -3.75. The number of amides is 1. The maximum absolute atomic E-state index is 13.2. The molecular weight excluding hydrogens is 366 g/mol. The van der Waals surface area contributed by atoms with Crippen molar-refractivity contribution in [1.82, 2.24) is 9.80 Å². The fourth-order valence-corrected chi connectivity index (χ4v) is 2.93. The topological polar surface area (TPSA) is 44.8 Å². The number of nitrogens with one attached hydrogen (secondary N) is 1. The number of anilines is 1. The average molecular weight is 391 g/mol. The van der Waals surface area contributed by atoms with Crippen molar-refractivity contribution in [2.24, 2.45) is 0 Å². The molecule has 0 saturated carbocycles. The van der Waals surface area contributed by atoms with Crippen LogP contribution in [0.3, 0.4) is 0 Å². The van der Waals surface area contributed by atoms with Gasteiger partial charge in [0.05, 0.1) is 6.04 Å². The molecule has 0 bridgehead atoms. The number of hydrogen-bond acceptors (Lipinski definition) is 4. The fraction of sp³-hybridized carbons (Fsp3) is 0.611. The van der Waals surface area contributed by atoms with Gasteiger partial charge in [-0.2, -0.15) is 13.2 Å².